The number of nitrogens with zero attached hydrogens (tertiary/aromatic N) is 3. The van der Waals surface area contributed by atoms with Gasteiger partial charge in [0.1, 0.15) is 11.2 Å². The van der Waals surface area contributed by atoms with Gasteiger partial charge in [-0.15, -0.1) is 0 Å². The average Bonchev–Trinajstić information content (AvgIpc) is 3.63. The van der Waals surface area contributed by atoms with Crippen LogP contribution >= 0.6 is 0 Å². The van der Waals surface area contributed by atoms with Crippen LogP contribution in [-0.4, -0.2) is 23.4 Å². The number of nitrogens with two attached hydrogens (primary N) is 1. The maximum Gasteiger partial charge on any atom is 0.407 e. The Bertz CT molecular complexity index is 1900. The first-order valence-corrected chi connectivity index (χ1v) is 17.8. The van der Waals surface area contributed by atoms with Crippen molar-refractivity contribution in [2.45, 2.75) is 103 Å². The third kappa shape index (κ3) is 11.9. The zero-order valence-corrected chi connectivity index (χ0v) is 33.8. The van der Waals surface area contributed by atoms with Crippen molar-refractivity contribution in [2.75, 3.05) is 0 Å². The molecule has 4 atom stereocenters. The normalized spacial score (nSPS) is 18.1. The molecule has 0 spiro atoms. The predicted octanol–water partition coefficient (Wildman–Crippen LogP) is 9.90. The second-order valence-electron chi connectivity index (χ2n) is 15.4. The first-order valence-electron chi connectivity index (χ1n) is 17.8. The molecule has 4 aromatic rings. The number of amides is 2. The summed E-state index contributed by atoms with van der Waals surface area (Å²) in [5.41, 5.74) is 23.7. The van der Waals surface area contributed by atoms with Crippen molar-refractivity contribution in [1.29, 1.82) is 0 Å². The van der Waals surface area contributed by atoms with E-state index < -0.39 is 23.4 Å². The van der Waals surface area contributed by atoms with Crippen LogP contribution in [-0.2, 0) is 55.8 Å². The fourth-order valence-corrected chi connectivity index (χ4v) is 6.77. The van der Waals surface area contributed by atoms with Crippen LogP contribution in [0.2, 0.25) is 0 Å². The summed E-state index contributed by atoms with van der Waals surface area (Å²) in [6.07, 6.45) is 1.01. The molecule has 54 heavy (non-hydrogen) atoms. The van der Waals surface area contributed by atoms with Crippen LogP contribution in [0.4, 0.5) is 9.59 Å². The van der Waals surface area contributed by atoms with E-state index in [1.807, 2.05) is 102 Å². The van der Waals surface area contributed by atoms with E-state index in [1.165, 1.54) is 22.3 Å². The Morgan fingerprint density at radius 2 is 1.11 bits per heavy atom. The van der Waals surface area contributed by atoms with E-state index in [-0.39, 0.29) is 45.9 Å². The van der Waals surface area contributed by atoms with Crippen LogP contribution in [0.1, 0.15) is 110 Å². The molecule has 11 heteroatoms. The maximum absolute atomic E-state index is 11.8. The average molecular weight is 824 g/mol. The predicted molar refractivity (Wildman–Crippen MR) is 210 cm³/mol. The molecule has 2 aliphatic carbocycles. The SMILES string of the molecule is CC(C)(C)OC(=O)NCc1ccc([C@H]2Cc3ccccc3[C@@H]2N)cc1.CC(C)(C)OC(=O)NCc1ccc([C@H]2Cc3ccccc3[C@@H]2N=[N+]=[N-])cc1.[CH3-].[Pd]. The molecule has 290 valence electrons. The van der Waals surface area contributed by atoms with E-state index in [2.05, 4.69) is 57.1 Å². The number of hydrogen-bond acceptors (Lipinski definition) is 6. The Labute approximate surface area is 333 Å². The maximum atomic E-state index is 11.8. The second kappa shape index (κ2) is 19.1. The molecule has 0 radical (unpaired) electrons. The van der Waals surface area contributed by atoms with Crippen LogP contribution in [0.3, 0.4) is 0 Å². The number of benzene rings is 4. The van der Waals surface area contributed by atoms with Gasteiger partial charge in [0.15, 0.2) is 0 Å². The number of carbonyl (C=O) groups is 2. The molecule has 4 aromatic carbocycles. The van der Waals surface area contributed by atoms with E-state index in [4.69, 9.17) is 20.7 Å². The van der Waals surface area contributed by atoms with Gasteiger partial charge in [-0.2, -0.15) is 0 Å². The summed E-state index contributed by atoms with van der Waals surface area (Å²) in [6, 6.07) is 32.8. The van der Waals surface area contributed by atoms with Gasteiger partial charge in [0.2, 0.25) is 0 Å². The summed E-state index contributed by atoms with van der Waals surface area (Å²) >= 11 is 0. The van der Waals surface area contributed by atoms with Gasteiger partial charge >= 0.3 is 12.2 Å². The topological polar surface area (TPSA) is 151 Å². The van der Waals surface area contributed by atoms with Gasteiger partial charge in [-0.3, -0.25) is 0 Å². The Hall–Kier alpha value is -4.65. The van der Waals surface area contributed by atoms with E-state index in [0.717, 1.165) is 35.1 Å². The number of fused-ring (bicyclic) bond motifs is 2. The fourth-order valence-electron chi connectivity index (χ4n) is 6.77. The molecular formula is C43H53N6O4Pd-. The molecular weight excluding hydrogens is 771 g/mol. The van der Waals surface area contributed by atoms with Gasteiger partial charge in [-0.1, -0.05) is 102 Å². The molecule has 2 amide bonds. The molecule has 0 aliphatic heterocycles. The Kier molecular flexibility index (Phi) is 15.5. The van der Waals surface area contributed by atoms with E-state index >= 15 is 0 Å². The van der Waals surface area contributed by atoms with Gasteiger partial charge in [-0.05, 0) is 104 Å². The summed E-state index contributed by atoms with van der Waals surface area (Å²) in [4.78, 5) is 26.5. The van der Waals surface area contributed by atoms with E-state index in [1.54, 1.807) is 0 Å². The summed E-state index contributed by atoms with van der Waals surface area (Å²) in [5, 5.41) is 9.59. The Balaban J connectivity index is 0.000000281. The molecule has 0 fully saturated rings. The minimum absolute atomic E-state index is 0. The van der Waals surface area contributed by atoms with Crippen molar-refractivity contribution in [2.24, 2.45) is 10.8 Å². The molecule has 10 nitrogen and oxygen atoms in total. The van der Waals surface area contributed by atoms with Gasteiger partial charge in [0, 0.05) is 56.3 Å². The number of ether oxygens (including phenoxy) is 2. The van der Waals surface area contributed by atoms with Gasteiger partial charge in [0.05, 0.1) is 6.04 Å². The summed E-state index contributed by atoms with van der Waals surface area (Å²) in [7, 11) is 0. The zero-order valence-electron chi connectivity index (χ0n) is 32.2. The summed E-state index contributed by atoms with van der Waals surface area (Å²) in [5.74, 6) is 0.441. The number of azide groups is 1. The standard InChI is InChI=1S/C21H24N4O2.C21H26N2O2.CH3.Pd/c1-21(2,3)27-20(26)23-13-14-8-10-15(11-9-14)18-12-16-6-4-5-7-17(16)19(18)24-25-22;1-21(2,3)25-20(24)23-13-14-8-10-15(11-9-14)18-12-16-6-4-5-7-17(16)19(18)22;;/h4-11,18-19H,12-13H2,1-3H3,(H,23,26);4-11,18-19H,12-13,22H2,1-3H3,(H,23,24);1H3;/q;;-1;/t2*18-,19+;;/m11../s1. The van der Waals surface area contributed by atoms with Crippen LogP contribution in [0.25, 0.3) is 10.4 Å². The van der Waals surface area contributed by atoms with Crippen molar-refractivity contribution in [3.63, 3.8) is 0 Å². The first-order chi connectivity index (χ1) is 24.7. The molecule has 0 heterocycles. The largest absolute Gasteiger partial charge is 0.444 e. The van der Waals surface area contributed by atoms with Gasteiger partial charge in [0.25, 0.3) is 0 Å². The number of rotatable bonds is 7. The van der Waals surface area contributed by atoms with Crippen molar-refractivity contribution in [3.05, 3.63) is 159 Å². The summed E-state index contributed by atoms with van der Waals surface area (Å²) < 4.78 is 10.5. The third-order valence-corrected chi connectivity index (χ3v) is 9.15. The number of nitrogens with one attached hydrogen (secondary N) is 2. The molecule has 0 saturated heterocycles. The fraction of sp³-hybridized carbons (Fsp3) is 0.372. The van der Waals surface area contributed by atoms with Crippen LogP contribution in [0.5, 0.6) is 0 Å². The first kappa shape index (κ1) is 43.8. The number of hydrogen-bond donors (Lipinski definition) is 3. The van der Waals surface area contributed by atoms with E-state index in [0.29, 0.717) is 19.0 Å². The molecule has 4 N–H and O–H groups in total. The minimum Gasteiger partial charge on any atom is -0.444 e. The quantitative estimate of drug-likeness (QED) is 0.0557. The van der Waals surface area contributed by atoms with Crippen molar-refractivity contribution in [1.82, 2.24) is 10.6 Å². The van der Waals surface area contributed by atoms with E-state index in [9.17, 15) is 9.59 Å². The smallest absolute Gasteiger partial charge is 0.407 e. The Morgan fingerprint density at radius 1 is 0.704 bits per heavy atom. The molecule has 2 aliphatic rings. The zero-order chi connectivity index (χ0) is 37.5. The van der Waals surface area contributed by atoms with Crippen LogP contribution < -0.4 is 16.4 Å². The molecule has 0 aromatic heterocycles. The van der Waals surface area contributed by atoms with Crippen LogP contribution in [0, 0.1) is 7.43 Å². The summed E-state index contributed by atoms with van der Waals surface area (Å²) in [6.45, 7) is 11.9. The Morgan fingerprint density at radius 3 is 1.56 bits per heavy atom. The molecule has 0 bridgehead atoms. The van der Waals surface area contributed by atoms with Crippen molar-refractivity contribution >= 4 is 12.2 Å². The minimum atomic E-state index is -0.512. The monoisotopic (exact) mass is 823 g/mol. The van der Waals surface area contributed by atoms with Gasteiger partial charge in [-0.25, -0.2) is 9.59 Å². The van der Waals surface area contributed by atoms with Gasteiger partial charge < -0.3 is 33.3 Å². The third-order valence-electron chi connectivity index (χ3n) is 9.15. The molecule has 0 unspecified atom stereocenters. The van der Waals surface area contributed by atoms with Crippen molar-refractivity contribution in [3.8, 4) is 0 Å². The second-order valence-corrected chi connectivity index (χ2v) is 15.4. The molecule has 6 rings (SSSR count). The molecule has 0 saturated carbocycles. The van der Waals surface area contributed by atoms with Crippen LogP contribution in [0.15, 0.2) is 102 Å². The number of alkyl carbamates (subject to hydrolysis) is 2. The number of carbonyl (C=O) groups excluding carboxylic acids is 2. The van der Waals surface area contributed by atoms with Crippen molar-refractivity contribution < 1.29 is 39.5 Å².